The maximum absolute atomic E-state index is 14.1. The molecule has 0 amide bonds. The molecule has 25 heavy (non-hydrogen) atoms. The van der Waals surface area contributed by atoms with Crippen LogP contribution in [0.25, 0.3) is 22.3 Å². The normalized spacial score (nSPS) is 12.2. The lowest BCUT2D eigenvalue weighted by Crippen LogP contribution is -1.96. The van der Waals surface area contributed by atoms with E-state index in [-0.39, 0.29) is 12.0 Å². The molecule has 0 atom stereocenters. The Balaban J connectivity index is 1.73. The second-order valence-corrected chi connectivity index (χ2v) is 6.51. The molecule has 4 rings (SSSR count). The number of fused-ring (bicyclic) bond motifs is 3. The molecule has 1 aliphatic carbocycles. The second kappa shape index (κ2) is 6.07. The third-order valence-electron chi connectivity index (χ3n) is 4.85. The van der Waals surface area contributed by atoms with Crippen LogP contribution in [-0.2, 0) is 12.8 Å². The molecule has 0 saturated carbocycles. The standard InChI is InChI=1S/C22H17F3/c1-2-3-13-4-6-14(7-5-13)15-8-9-17-16(10-15)11-19-18(17)12-20(23)22(25)21(19)24/h4-10,12H,2-3,11H2,1H3. The smallest absolute Gasteiger partial charge is 0.194 e. The predicted octanol–water partition coefficient (Wildman–Crippen LogP) is 6.29. The van der Waals surface area contributed by atoms with Gasteiger partial charge in [-0.05, 0) is 45.9 Å². The van der Waals surface area contributed by atoms with Crippen LogP contribution in [0.5, 0.6) is 0 Å². The monoisotopic (exact) mass is 338 g/mol. The van der Waals surface area contributed by atoms with Crippen molar-refractivity contribution < 1.29 is 13.2 Å². The average molecular weight is 338 g/mol. The van der Waals surface area contributed by atoms with Crippen LogP contribution in [0.4, 0.5) is 13.2 Å². The van der Waals surface area contributed by atoms with Crippen LogP contribution >= 0.6 is 0 Å². The van der Waals surface area contributed by atoms with Crippen molar-refractivity contribution >= 4 is 0 Å². The Morgan fingerprint density at radius 1 is 0.800 bits per heavy atom. The van der Waals surface area contributed by atoms with E-state index in [1.165, 1.54) is 5.56 Å². The van der Waals surface area contributed by atoms with Crippen molar-refractivity contribution in [2.45, 2.75) is 26.2 Å². The summed E-state index contributed by atoms with van der Waals surface area (Å²) in [4.78, 5) is 0. The van der Waals surface area contributed by atoms with Gasteiger partial charge in [0.2, 0.25) is 0 Å². The van der Waals surface area contributed by atoms with E-state index in [9.17, 15) is 13.2 Å². The minimum Gasteiger partial charge on any atom is -0.204 e. The highest BCUT2D eigenvalue weighted by Crippen LogP contribution is 2.41. The molecule has 0 heterocycles. The highest BCUT2D eigenvalue weighted by molar-refractivity contribution is 5.80. The fourth-order valence-corrected chi connectivity index (χ4v) is 3.57. The van der Waals surface area contributed by atoms with Crippen LogP contribution in [-0.4, -0.2) is 0 Å². The lowest BCUT2D eigenvalue weighted by molar-refractivity contribution is 0.443. The summed E-state index contributed by atoms with van der Waals surface area (Å²) in [5, 5.41) is 0. The highest BCUT2D eigenvalue weighted by atomic mass is 19.2. The molecule has 0 spiro atoms. The van der Waals surface area contributed by atoms with Gasteiger partial charge in [-0.25, -0.2) is 13.2 Å². The van der Waals surface area contributed by atoms with Crippen molar-refractivity contribution in [3.63, 3.8) is 0 Å². The van der Waals surface area contributed by atoms with Gasteiger partial charge in [0.15, 0.2) is 17.5 Å². The van der Waals surface area contributed by atoms with Crippen molar-refractivity contribution in [2.24, 2.45) is 0 Å². The predicted molar refractivity (Wildman–Crippen MR) is 94.0 cm³/mol. The second-order valence-electron chi connectivity index (χ2n) is 6.51. The third kappa shape index (κ3) is 2.64. The van der Waals surface area contributed by atoms with Gasteiger partial charge in [-0.2, -0.15) is 0 Å². The van der Waals surface area contributed by atoms with Crippen LogP contribution in [0, 0.1) is 17.5 Å². The van der Waals surface area contributed by atoms with Gasteiger partial charge < -0.3 is 0 Å². The summed E-state index contributed by atoms with van der Waals surface area (Å²) in [7, 11) is 0. The van der Waals surface area contributed by atoms with E-state index in [4.69, 9.17) is 0 Å². The van der Waals surface area contributed by atoms with Crippen molar-refractivity contribution in [1.82, 2.24) is 0 Å². The molecule has 1 aliphatic rings. The summed E-state index contributed by atoms with van der Waals surface area (Å²) >= 11 is 0. The molecular formula is C22H17F3. The van der Waals surface area contributed by atoms with Gasteiger partial charge in [0.25, 0.3) is 0 Å². The van der Waals surface area contributed by atoms with Crippen LogP contribution in [0.2, 0.25) is 0 Å². The first-order chi connectivity index (χ1) is 12.1. The van der Waals surface area contributed by atoms with E-state index in [1.54, 1.807) is 0 Å². The first kappa shape index (κ1) is 15.9. The topological polar surface area (TPSA) is 0 Å². The van der Waals surface area contributed by atoms with Crippen molar-refractivity contribution in [3.8, 4) is 22.3 Å². The molecule has 0 saturated heterocycles. The zero-order valence-electron chi connectivity index (χ0n) is 13.9. The SMILES string of the molecule is CCCc1ccc(-c2ccc3c(c2)Cc2c-3cc(F)c(F)c2F)cc1. The van der Waals surface area contributed by atoms with Gasteiger partial charge in [-0.3, -0.25) is 0 Å². The lowest BCUT2D eigenvalue weighted by Gasteiger charge is -2.07. The molecule has 0 radical (unpaired) electrons. The minimum atomic E-state index is -1.39. The largest absolute Gasteiger partial charge is 0.204 e. The number of benzene rings is 3. The van der Waals surface area contributed by atoms with Crippen molar-refractivity contribution in [2.75, 3.05) is 0 Å². The van der Waals surface area contributed by atoms with Gasteiger partial charge in [-0.1, -0.05) is 55.8 Å². The Hall–Kier alpha value is -2.55. The van der Waals surface area contributed by atoms with Gasteiger partial charge in [0.1, 0.15) is 0 Å². The molecule has 0 aliphatic heterocycles. The maximum atomic E-state index is 14.1. The average Bonchev–Trinajstić information content (AvgIpc) is 2.98. The van der Waals surface area contributed by atoms with E-state index in [2.05, 4.69) is 31.2 Å². The number of halogens is 3. The zero-order chi connectivity index (χ0) is 17.6. The Bertz CT molecular complexity index is 956. The fourth-order valence-electron chi connectivity index (χ4n) is 3.57. The maximum Gasteiger partial charge on any atom is 0.194 e. The molecule has 0 unspecified atom stereocenters. The molecule has 0 bridgehead atoms. The molecule has 3 aromatic carbocycles. The molecule has 3 aromatic rings. The number of aryl methyl sites for hydroxylation is 1. The van der Waals surface area contributed by atoms with Crippen molar-refractivity contribution in [1.29, 1.82) is 0 Å². The minimum absolute atomic E-state index is 0.240. The number of hydrogen-bond donors (Lipinski definition) is 0. The Kier molecular flexibility index (Phi) is 3.87. The van der Waals surface area contributed by atoms with Gasteiger partial charge in [0, 0.05) is 12.0 Å². The van der Waals surface area contributed by atoms with Crippen molar-refractivity contribution in [3.05, 3.63) is 82.7 Å². The van der Waals surface area contributed by atoms with E-state index in [0.717, 1.165) is 41.2 Å². The van der Waals surface area contributed by atoms with Crippen LogP contribution < -0.4 is 0 Å². The first-order valence-electron chi connectivity index (χ1n) is 8.47. The molecule has 3 heteroatoms. The van der Waals surface area contributed by atoms with Gasteiger partial charge in [0.05, 0.1) is 0 Å². The van der Waals surface area contributed by atoms with Crippen LogP contribution in [0.1, 0.15) is 30.0 Å². The summed E-state index contributed by atoms with van der Waals surface area (Å²) in [5.41, 5.74) is 5.77. The first-order valence-corrected chi connectivity index (χ1v) is 8.47. The summed E-state index contributed by atoms with van der Waals surface area (Å²) in [5.74, 6) is -3.60. The summed E-state index contributed by atoms with van der Waals surface area (Å²) in [6.45, 7) is 2.15. The lowest BCUT2D eigenvalue weighted by atomic mass is 9.98. The van der Waals surface area contributed by atoms with E-state index < -0.39 is 17.5 Å². The van der Waals surface area contributed by atoms with E-state index in [0.29, 0.717) is 5.56 Å². The fraction of sp³-hybridized carbons (Fsp3) is 0.182. The summed E-state index contributed by atoms with van der Waals surface area (Å²) < 4.78 is 41.1. The van der Waals surface area contributed by atoms with Crippen LogP contribution in [0.3, 0.4) is 0 Å². The molecular weight excluding hydrogens is 321 g/mol. The quantitative estimate of drug-likeness (QED) is 0.385. The summed E-state index contributed by atoms with van der Waals surface area (Å²) in [6, 6.07) is 15.3. The molecule has 0 N–H and O–H groups in total. The number of hydrogen-bond acceptors (Lipinski definition) is 0. The van der Waals surface area contributed by atoms with Crippen LogP contribution in [0.15, 0.2) is 48.5 Å². The molecule has 0 aromatic heterocycles. The van der Waals surface area contributed by atoms with Gasteiger partial charge in [-0.15, -0.1) is 0 Å². The zero-order valence-corrected chi connectivity index (χ0v) is 13.9. The Morgan fingerprint density at radius 2 is 1.52 bits per heavy atom. The summed E-state index contributed by atoms with van der Waals surface area (Å²) in [6.07, 6.45) is 2.45. The number of rotatable bonds is 3. The molecule has 0 nitrogen and oxygen atoms in total. The van der Waals surface area contributed by atoms with E-state index >= 15 is 0 Å². The third-order valence-corrected chi connectivity index (χ3v) is 4.85. The Morgan fingerprint density at radius 3 is 2.24 bits per heavy atom. The molecule has 0 fully saturated rings. The van der Waals surface area contributed by atoms with Gasteiger partial charge >= 0.3 is 0 Å². The molecule has 126 valence electrons. The Labute approximate surface area is 144 Å². The van der Waals surface area contributed by atoms with E-state index in [1.807, 2.05) is 18.2 Å². The highest BCUT2D eigenvalue weighted by Gasteiger charge is 2.26.